The fourth-order valence-electron chi connectivity index (χ4n) is 3.76. The van der Waals surface area contributed by atoms with Crippen LogP contribution in [-0.2, 0) is 17.8 Å². The lowest BCUT2D eigenvalue weighted by atomic mass is 10.1. The number of aryl methyl sites for hydroxylation is 1. The van der Waals surface area contributed by atoms with E-state index in [2.05, 4.69) is 25.5 Å². The van der Waals surface area contributed by atoms with Gasteiger partial charge in [0.15, 0.2) is 5.65 Å². The first kappa shape index (κ1) is 21.9. The van der Waals surface area contributed by atoms with E-state index < -0.39 is 6.61 Å². The average Bonchev–Trinajstić information content (AvgIpc) is 3.22. The summed E-state index contributed by atoms with van der Waals surface area (Å²) in [7, 11) is 0. The highest BCUT2D eigenvalue weighted by molar-refractivity contribution is 6.06. The SMILES string of the molecule is CCn1ncc2c(NC3CCOCC3)c(C(=O)NCc3ccccc3OC(F)F)cnc21. The van der Waals surface area contributed by atoms with Crippen LogP contribution < -0.4 is 15.4 Å². The Balaban J connectivity index is 1.60. The van der Waals surface area contributed by atoms with E-state index in [0.717, 1.165) is 18.2 Å². The Morgan fingerprint density at radius 1 is 1.28 bits per heavy atom. The number of hydrogen-bond acceptors (Lipinski definition) is 6. The molecule has 1 fully saturated rings. The smallest absolute Gasteiger partial charge is 0.387 e. The second-order valence-electron chi connectivity index (χ2n) is 7.44. The average molecular weight is 445 g/mol. The molecule has 4 rings (SSSR count). The molecule has 2 N–H and O–H groups in total. The standard InChI is InChI=1S/C22H25F2N5O3/c1-2-29-20-16(13-27-29)19(28-15-7-9-31-10-8-15)17(12-25-20)21(30)26-11-14-5-3-4-6-18(14)32-22(23)24/h3-6,12-13,15,22H,2,7-11H2,1H3,(H,25,28)(H,26,30). The van der Waals surface area contributed by atoms with Crippen molar-refractivity contribution in [2.75, 3.05) is 18.5 Å². The molecule has 0 aliphatic carbocycles. The van der Waals surface area contributed by atoms with Crippen LogP contribution in [0.25, 0.3) is 11.0 Å². The third-order valence-corrected chi connectivity index (χ3v) is 5.41. The van der Waals surface area contributed by atoms with Gasteiger partial charge in [0, 0.05) is 44.1 Å². The predicted molar refractivity (Wildman–Crippen MR) is 115 cm³/mol. The maximum absolute atomic E-state index is 13.1. The van der Waals surface area contributed by atoms with Crippen LogP contribution in [0, 0.1) is 0 Å². The van der Waals surface area contributed by atoms with Gasteiger partial charge in [-0.1, -0.05) is 18.2 Å². The molecule has 0 spiro atoms. The first-order valence-electron chi connectivity index (χ1n) is 10.6. The van der Waals surface area contributed by atoms with Gasteiger partial charge in [-0.15, -0.1) is 0 Å². The largest absolute Gasteiger partial charge is 0.434 e. The van der Waals surface area contributed by atoms with Gasteiger partial charge in [0.1, 0.15) is 5.75 Å². The van der Waals surface area contributed by atoms with Crippen molar-refractivity contribution in [3.8, 4) is 5.75 Å². The molecule has 10 heteroatoms. The lowest BCUT2D eigenvalue weighted by Crippen LogP contribution is -2.30. The summed E-state index contributed by atoms with van der Waals surface area (Å²) in [5.41, 5.74) is 2.17. The van der Waals surface area contributed by atoms with E-state index in [1.807, 2.05) is 6.92 Å². The molecule has 3 heterocycles. The summed E-state index contributed by atoms with van der Waals surface area (Å²) in [6.07, 6.45) is 4.88. The molecule has 3 aromatic rings. The molecule has 0 saturated carbocycles. The normalized spacial score (nSPS) is 14.6. The maximum Gasteiger partial charge on any atom is 0.387 e. The number of aromatic nitrogens is 3. The number of halogens is 2. The zero-order chi connectivity index (χ0) is 22.5. The number of nitrogens with zero attached hydrogens (tertiary/aromatic N) is 3. The molecule has 1 aromatic carbocycles. The number of hydrogen-bond donors (Lipinski definition) is 2. The lowest BCUT2D eigenvalue weighted by Gasteiger charge is -2.25. The highest BCUT2D eigenvalue weighted by atomic mass is 19.3. The fraction of sp³-hybridized carbons (Fsp3) is 0.409. The highest BCUT2D eigenvalue weighted by Crippen LogP contribution is 2.28. The summed E-state index contributed by atoms with van der Waals surface area (Å²) in [6, 6.07) is 6.53. The van der Waals surface area contributed by atoms with E-state index >= 15 is 0 Å². The van der Waals surface area contributed by atoms with E-state index in [1.54, 1.807) is 29.1 Å². The molecule has 0 bridgehead atoms. The number of amides is 1. The van der Waals surface area contributed by atoms with Crippen LogP contribution in [0.1, 0.15) is 35.7 Å². The van der Waals surface area contributed by atoms with E-state index in [1.165, 1.54) is 12.3 Å². The number of pyridine rings is 1. The Bertz CT molecular complexity index is 1080. The number of para-hydroxylation sites is 1. The van der Waals surface area contributed by atoms with Gasteiger partial charge < -0.3 is 20.1 Å². The summed E-state index contributed by atoms with van der Waals surface area (Å²) in [4.78, 5) is 17.6. The number of carbonyl (C=O) groups is 1. The number of rotatable bonds is 8. The molecule has 0 radical (unpaired) electrons. The van der Waals surface area contributed by atoms with Crippen molar-refractivity contribution in [1.29, 1.82) is 0 Å². The summed E-state index contributed by atoms with van der Waals surface area (Å²) in [6.45, 7) is 1.03. The third kappa shape index (κ3) is 4.80. The zero-order valence-electron chi connectivity index (χ0n) is 17.7. The van der Waals surface area contributed by atoms with E-state index in [9.17, 15) is 13.6 Å². The van der Waals surface area contributed by atoms with Crippen LogP contribution >= 0.6 is 0 Å². The van der Waals surface area contributed by atoms with Crippen LogP contribution in [-0.4, -0.2) is 46.5 Å². The second-order valence-corrected chi connectivity index (χ2v) is 7.44. The zero-order valence-corrected chi connectivity index (χ0v) is 17.7. The molecule has 8 nitrogen and oxygen atoms in total. The summed E-state index contributed by atoms with van der Waals surface area (Å²) in [5.74, 6) is -0.341. The fourth-order valence-corrected chi connectivity index (χ4v) is 3.76. The number of anilines is 1. The van der Waals surface area contributed by atoms with Crippen molar-refractivity contribution in [1.82, 2.24) is 20.1 Å². The summed E-state index contributed by atoms with van der Waals surface area (Å²) >= 11 is 0. The van der Waals surface area contributed by atoms with Crippen molar-refractivity contribution >= 4 is 22.6 Å². The van der Waals surface area contributed by atoms with Crippen LogP contribution in [0.5, 0.6) is 5.75 Å². The first-order valence-corrected chi connectivity index (χ1v) is 10.6. The molecule has 1 aliphatic heterocycles. The Hall–Kier alpha value is -3.27. The highest BCUT2D eigenvalue weighted by Gasteiger charge is 2.22. The Labute approximate surface area is 183 Å². The minimum atomic E-state index is -2.94. The van der Waals surface area contributed by atoms with Crippen molar-refractivity contribution < 1.29 is 23.0 Å². The Morgan fingerprint density at radius 3 is 2.81 bits per heavy atom. The van der Waals surface area contributed by atoms with Crippen LogP contribution in [0.2, 0.25) is 0 Å². The Kier molecular flexibility index (Phi) is 6.79. The molecule has 0 atom stereocenters. The lowest BCUT2D eigenvalue weighted by molar-refractivity contribution is -0.0504. The molecule has 0 unspecified atom stereocenters. The van der Waals surface area contributed by atoms with E-state index in [-0.39, 0.29) is 24.2 Å². The maximum atomic E-state index is 13.1. The predicted octanol–water partition coefficient (Wildman–Crippen LogP) is 3.57. The van der Waals surface area contributed by atoms with Gasteiger partial charge in [0.05, 0.1) is 22.8 Å². The van der Waals surface area contributed by atoms with E-state index in [4.69, 9.17) is 4.74 Å². The number of carbonyl (C=O) groups excluding carboxylic acids is 1. The minimum Gasteiger partial charge on any atom is -0.434 e. The first-order chi connectivity index (χ1) is 15.6. The van der Waals surface area contributed by atoms with Crippen LogP contribution in [0.3, 0.4) is 0 Å². The van der Waals surface area contributed by atoms with Crippen molar-refractivity contribution in [3.63, 3.8) is 0 Å². The van der Waals surface area contributed by atoms with Gasteiger partial charge in [0.2, 0.25) is 0 Å². The van der Waals surface area contributed by atoms with E-state index in [0.29, 0.717) is 42.2 Å². The van der Waals surface area contributed by atoms with Crippen molar-refractivity contribution in [2.24, 2.45) is 0 Å². The number of fused-ring (bicyclic) bond motifs is 1. The summed E-state index contributed by atoms with van der Waals surface area (Å²) in [5, 5.41) is 11.4. The molecule has 1 aliphatic rings. The van der Waals surface area contributed by atoms with Gasteiger partial charge in [-0.2, -0.15) is 13.9 Å². The summed E-state index contributed by atoms with van der Waals surface area (Å²) < 4.78 is 37.1. The molecule has 1 amide bonds. The molecule has 1 saturated heterocycles. The van der Waals surface area contributed by atoms with Crippen LogP contribution in [0.15, 0.2) is 36.7 Å². The second kappa shape index (κ2) is 9.90. The van der Waals surface area contributed by atoms with Gasteiger partial charge >= 0.3 is 6.61 Å². The molecule has 170 valence electrons. The van der Waals surface area contributed by atoms with Crippen molar-refractivity contribution in [3.05, 3.63) is 47.8 Å². The van der Waals surface area contributed by atoms with Gasteiger partial charge in [-0.05, 0) is 25.8 Å². The monoisotopic (exact) mass is 445 g/mol. The molecule has 2 aromatic heterocycles. The number of ether oxygens (including phenoxy) is 2. The molecular weight excluding hydrogens is 420 g/mol. The van der Waals surface area contributed by atoms with Gasteiger partial charge in [-0.3, -0.25) is 4.79 Å². The van der Waals surface area contributed by atoms with Crippen LogP contribution in [0.4, 0.5) is 14.5 Å². The van der Waals surface area contributed by atoms with Gasteiger partial charge in [0.25, 0.3) is 5.91 Å². The Morgan fingerprint density at radius 2 is 2.06 bits per heavy atom. The number of alkyl halides is 2. The molecular formula is C22H25F2N5O3. The van der Waals surface area contributed by atoms with Crippen molar-refractivity contribution in [2.45, 2.75) is 45.5 Å². The minimum absolute atomic E-state index is 0.0288. The topological polar surface area (TPSA) is 90.3 Å². The van der Waals surface area contributed by atoms with Gasteiger partial charge in [-0.25, -0.2) is 9.67 Å². The number of nitrogens with one attached hydrogen (secondary N) is 2. The third-order valence-electron chi connectivity index (χ3n) is 5.41. The molecule has 32 heavy (non-hydrogen) atoms. The number of benzene rings is 1. The quantitative estimate of drug-likeness (QED) is 0.551.